The number of imide groups is 1. The Kier molecular flexibility index (Phi) is 6.61. The van der Waals surface area contributed by atoms with Gasteiger partial charge in [0.2, 0.25) is 0 Å². The second kappa shape index (κ2) is 8.90. The number of amides is 3. The normalized spacial score (nSPS) is 9.96. The van der Waals surface area contributed by atoms with Crippen LogP contribution in [0.3, 0.4) is 0 Å². The number of nitrogens with zero attached hydrogens (tertiary/aromatic N) is 1. The maximum atomic E-state index is 11.8. The first-order valence-corrected chi connectivity index (χ1v) is 8.14. The van der Waals surface area contributed by atoms with E-state index in [0.717, 1.165) is 0 Å². The fraction of sp³-hybridized carbons (Fsp3) is 0.133. The number of thiophene rings is 1. The Balaban J connectivity index is 1.70. The molecule has 0 saturated heterocycles. The molecule has 2 rings (SSSR count). The summed E-state index contributed by atoms with van der Waals surface area (Å²) in [5.74, 6) is -2.79. The van der Waals surface area contributed by atoms with Gasteiger partial charge in [-0.15, -0.1) is 11.3 Å². The summed E-state index contributed by atoms with van der Waals surface area (Å²) in [5.41, 5.74) is 0.0413. The lowest BCUT2D eigenvalue weighted by Crippen LogP contribution is -2.36. The van der Waals surface area contributed by atoms with Crippen molar-refractivity contribution in [2.24, 2.45) is 0 Å². The highest BCUT2D eigenvalue weighted by Gasteiger charge is 2.14. The van der Waals surface area contributed by atoms with Gasteiger partial charge in [0, 0.05) is 11.2 Å². The van der Waals surface area contributed by atoms with Crippen LogP contribution in [0.25, 0.3) is 0 Å². The van der Waals surface area contributed by atoms with Gasteiger partial charge in [-0.25, -0.2) is 0 Å². The van der Waals surface area contributed by atoms with Crippen molar-refractivity contribution < 1.29 is 23.9 Å². The Morgan fingerprint density at radius 1 is 1.20 bits per heavy atom. The summed E-state index contributed by atoms with van der Waals surface area (Å²) in [4.78, 5) is 50.6. The minimum atomic E-state index is -0.839. The maximum absolute atomic E-state index is 11.8. The van der Waals surface area contributed by atoms with E-state index in [1.165, 1.54) is 29.7 Å². The molecule has 2 heterocycles. The van der Waals surface area contributed by atoms with Crippen LogP contribution in [0.2, 0.25) is 5.02 Å². The van der Waals surface area contributed by atoms with E-state index in [1.807, 2.05) is 0 Å². The number of ether oxygens (including phenoxy) is 1. The van der Waals surface area contributed by atoms with Gasteiger partial charge < -0.3 is 10.1 Å². The molecule has 0 aliphatic carbocycles. The van der Waals surface area contributed by atoms with Crippen molar-refractivity contribution in [3.8, 4) is 0 Å². The Labute approximate surface area is 151 Å². The third-order valence-corrected chi connectivity index (χ3v) is 3.81. The minimum absolute atomic E-state index is 0.0413. The number of rotatable bonds is 6. The van der Waals surface area contributed by atoms with Crippen LogP contribution in [0.1, 0.15) is 20.2 Å². The summed E-state index contributed by atoms with van der Waals surface area (Å²) >= 11 is 6.90. The van der Waals surface area contributed by atoms with Crippen LogP contribution in [0.5, 0.6) is 0 Å². The van der Waals surface area contributed by atoms with Crippen LogP contribution in [-0.4, -0.2) is 41.8 Å². The summed E-state index contributed by atoms with van der Waals surface area (Å²) in [5, 5.41) is 6.38. The molecule has 0 aromatic carbocycles. The average Bonchev–Trinajstić information content (AvgIpc) is 3.12. The van der Waals surface area contributed by atoms with Gasteiger partial charge in [0.1, 0.15) is 12.2 Å². The lowest BCUT2D eigenvalue weighted by molar-refractivity contribution is -0.147. The van der Waals surface area contributed by atoms with Gasteiger partial charge in [-0.3, -0.25) is 29.5 Å². The molecule has 8 nitrogen and oxygen atoms in total. The number of carbonyl (C=O) groups excluding carboxylic acids is 4. The van der Waals surface area contributed by atoms with Crippen molar-refractivity contribution in [1.82, 2.24) is 15.6 Å². The molecule has 0 fully saturated rings. The lowest BCUT2D eigenvalue weighted by atomic mass is 10.3. The summed E-state index contributed by atoms with van der Waals surface area (Å²) < 4.78 is 4.67. The minimum Gasteiger partial charge on any atom is -0.454 e. The van der Waals surface area contributed by atoms with E-state index < -0.39 is 36.8 Å². The topological polar surface area (TPSA) is 114 Å². The molecule has 130 valence electrons. The molecule has 25 heavy (non-hydrogen) atoms. The Hall–Kier alpha value is -2.78. The molecule has 0 aliphatic rings. The highest BCUT2D eigenvalue weighted by molar-refractivity contribution is 7.12. The van der Waals surface area contributed by atoms with Crippen molar-refractivity contribution in [2.45, 2.75) is 0 Å². The Morgan fingerprint density at radius 3 is 2.68 bits per heavy atom. The number of aromatic nitrogens is 1. The number of hydrogen-bond donors (Lipinski definition) is 2. The lowest BCUT2D eigenvalue weighted by Gasteiger charge is -2.06. The molecule has 3 amide bonds. The second-order valence-corrected chi connectivity index (χ2v) is 5.94. The van der Waals surface area contributed by atoms with Gasteiger partial charge in [0.05, 0.1) is 4.88 Å². The SMILES string of the molecule is O=C(COC(=O)CNC(=O)c1cc(Cl)ccn1)NC(=O)c1cccs1. The third kappa shape index (κ3) is 5.98. The van der Waals surface area contributed by atoms with E-state index in [0.29, 0.717) is 9.90 Å². The van der Waals surface area contributed by atoms with E-state index >= 15 is 0 Å². The van der Waals surface area contributed by atoms with Crippen LogP contribution < -0.4 is 10.6 Å². The van der Waals surface area contributed by atoms with Gasteiger partial charge >= 0.3 is 5.97 Å². The number of carbonyl (C=O) groups is 4. The van der Waals surface area contributed by atoms with E-state index in [9.17, 15) is 19.2 Å². The first-order valence-electron chi connectivity index (χ1n) is 6.89. The molecule has 0 aliphatic heterocycles. The van der Waals surface area contributed by atoms with Crippen LogP contribution in [0.4, 0.5) is 0 Å². The first-order chi connectivity index (χ1) is 12.0. The monoisotopic (exact) mass is 381 g/mol. The number of esters is 1. The van der Waals surface area contributed by atoms with Crippen molar-refractivity contribution in [3.05, 3.63) is 51.4 Å². The van der Waals surface area contributed by atoms with Crippen molar-refractivity contribution in [2.75, 3.05) is 13.2 Å². The first kappa shape index (κ1) is 18.6. The average molecular weight is 382 g/mol. The second-order valence-electron chi connectivity index (χ2n) is 4.56. The van der Waals surface area contributed by atoms with Gasteiger partial charge in [-0.05, 0) is 23.6 Å². The summed E-state index contributed by atoms with van der Waals surface area (Å²) in [6.07, 6.45) is 1.35. The van der Waals surface area contributed by atoms with E-state index in [-0.39, 0.29) is 5.69 Å². The van der Waals surface area contributed by atoms with Crippen molar-refractivity contribution >= 4 is 46.6 Å². The number of nitrogens with one attached hydrogen (secondary N) is 2. The van der Waals surface area contributed by atoms with Gasteiger partial charge in [-0.1, -0.05) is 17.7 Å². The van der Waals surface area contributed by atoms with Crippen molar-refractivity contribution in [1.29, 1.82) is 0 Å². The Bertz CT molecular complexity index is 794. The van der Waals surface area contributed by atoms with Gasteiger partial charge in [0.25, 0.3) is 17.7 Å². The van der Waals surface area contributed by atoms with E-state index in [1.54, 1.807) is 17.5 Å². The third-order valence-electron chi connectivity index (χ3n) is 2.71. The highest BCUT2D eigenvalue weighted by Crippen LogP contribution is 2.08. The number of halogens is 1. The molecule has 0 atom stereocenters. The van der Waals surface area contributed by atoms with E-state index in [4.69, 9.17) is 11.6 Å². The predicted octanol–water partition coefficient (Wildman–Crippen LogP) is 1.03. The van der Waals surface area contributed by atoms with Gasteiger partial charge in [0.15, 0.2) is 6.61 Å². The molecule has 2 aromatic heterocycles. The summed E-state index contributed by atoms with van der Waals surface area (Å²) in [6.45, 7) is -1.10. The predicted molar refractivity (Wildman–Crippen MR) is 89.3 cm³/mol. The Morgan fingerprint density at radius 2 is 2.00 bits per heavy atom. The molecule has 10 heteroatoms. The smallest absolute Gasteiger partial charge is 0.325 e. The molecule has 0 bridgehead atoms. The zero-order valence-electron chi connectivity index (χ0n) is 12.7. The zero-order chi connectivity index (χ0) is 18.2. The summed E-state index contributed by atoms with van der Waals surface area (Å²) in [7, 11) is 0. The molecule has 0 radical (unpaired) electrons. The molecule has 2 aromatic rings. The standard InChI is InChI=1S/C15H12ClN3O5S/c16-9-3-4-17-10(6-9)14(22)18-7-13(21)24-8-12(20)19-15(23)11-2-1-5-25-11/h1-6H,7-8H2,(H,18,22)(H,19,20,23). The quantitative estimate of drug-likeness (QED) is 0.722. The molecule has 2 N–H and O–H groups in total. The molecule has 0 saturated carbocycles. The summed E-state index contributed by atoms with van der Waals surface area (Å²) in [6, 6.07) is 6.06. The number of pyridine rings is 1. The van der Waals surface area contributed by atoms with Crippen LogP contribution in [0, 0.1) is 0 Å². The van der Waals surface area contributed by atoms with Crippen LogP contribution in [-0.2, 0) is 14.3 Å². The highest BCUT2D eigenvalue weighted by atomic mass is 35.5. The molecule has 0 unspecified atom stereocenters. The molecular formula is C15H12ClN3O5S. The maximum Gasteiger partial charge on any atom is 0.325 e. The largest absolute Gasteiger partial charge is 0.454 e. The molecule has 0 spiro atoms. The fourth-order valence-electron chi connectivity index (χ4n) is 1.60. The van der Waals surface area contributed by atoms with Gasteiger partial charge in [-0.2, -0.15) is 0 Å². The van der Waals surface area contributed by atoms with Crippen LogP contribution >= 0.6 is 22.9 Å². The van der Waals surface area contributed by atoms with Crippen molar-refractivity contribution in [3.63, 3.8) is 0 Å². The number of hydrogen-bond acceptors (Lipinski definition) is 7. The van der Waals surface area contributed by atoms with E-state index in [2.05, 4.69) is 20.4 Å². The van der Waals surface area contributed by atoms with Crippen LogP contribution in [0.15, 0.2) is 35.8 Å². The fourth-order valence-corrected chi connectivity index (χ4v) is 2.38. The zero-order valence-corrected chi connectivity index (χ0v) is 14.2. The molecular weight excluding hydrogens is 370 g/mol.